The summed E-state index contributed by atoms with van der Waals surface area (Å²) in [6.07, 6.45) is -11.0. The Morgan fingerprint density at radius 1 is 1.06 bits per heavy atom. The molecular weight excluding hydrogens is 487 g/mol. The maximum Gasteiger partial charge on any atom is 0.471 e. The Bertz CT molecular complexity index is 843. The lowest BCUT2D eigenvalue weighted by Gasteiger charge is -2.41. The molecule has 0 spiro atoms. The Kier molecular flexibility index (Phi) is 11.0. The number of methoxy groups -OCH3 is 1. The van der Waals surface area contributed by atoms with Gasteiger partial charge in [-0.05, 0) is 13.0 Å². The van der Waals surface area contributed by atoms with E-state index in [9.17, 15) is 37.1 Å². The first-order chi connectivity index (χ1) is 16.2. The molecule has 0 fully saturated rings. The van der Waals surface area contributed by atoms with E-state index in [1.54, 1.807) is 5.32 Å². The molecule has 0 saturated carbocycles. The monoisotopic (exact) mass is 513 g/mol. The Hall–Kier alpha value is -3.36. The minimum Gasteiger partial charge on any atom is -0.477 e. The summed E-state index contributed by atoms with van der Waals surface area (Å²) < 4.78 is 69.7. The zero-order valence-electron chi connectivity index (χ0n) is 19.5. The molecule has 1 aliphatic rings. The molecule has 12 nitrogen and oxygen atoms in total. The van der Waals surface area contributed by atoms with Crippen molar-refractivity contribution in [3.63, 3.8) is 0 Å². The van der Waals surface area contributed by atoms with E-state index >= 15 is 0 Å². The summed E-state index contributed by atoms with van der Waals surface area (Å²) in [6.45, 7) is 3.64. The normalized spacial score (nSPS) is 21.4. The first-order valence-corrected chi connectivity index (χ1v) is 10.1. The van der Waals surface area contributed by atoms with Gasteiger partial charge in [0.05, 0.1) is 13.2 Å². The van der Waals surface area contributed by atoms with Gasteiger partial charge >= 0.3 is 36.0 Å². The summed E-state index contributed by atoms with van der Waals surface area (Å²) in [6, 6.07) is -1.72. The number of nitrogens with one attached hydrogen (secondary N) is 1. The third kappa shape index (κ3) is 9.07. The van der Waals surface area contributed by atoms with Crippen LogP contribution in [0.4, 0.5) is 13.2 Å². The van der Waals surface area contributed by atoms with Crippen molar-refractivity contribution >= 4 is 29.8 Å². The number of hydrogen-bond donors (Lipinski definition) is 1. The highest BCUT2D eigenvalue weighted by Crippen LogP contribution is 2.29. The maximum absolute atomic E-state index is 13.1. The highest BCUT2D eigenvalue weighted by Gasteiger charge is 2.51. The second-order valence-electron chi connectivity index (χ2n) is 7.05. The fraction of sp³-hybridized carbons (Fsp3) is 0.650. The third-order valence-corrected chi connectivity index (χ3v) is 4.35. The molecule has 0 aromatic heterocycles. The number of carbonyl (C=O) groups excluding carboxylic acids is 5. The number of alkyl halides is 3. The molecule has 1 heterocycles. The van der Waals surface area contributed by atoms with Crippen molar-refractivity contribution < 1.29 is 65.6 Å². The van der Waals surface area contributed by atoms with Crippen LogP contribution in [0, 0.1) is 0 Å². The van der Waals surface area contributed by atoms with Gasteiger partial charge in [-0.2, -0.15) is 13.2 Å². The summed E-state index contributed by atoms with van der Waals surface area (Å²) in [7, 11) is 1.00. The molecule has 35 heavy (non-hydrogen) atoms. The van der Waals surface area contributed by atoms with Crippen LogP contribution in [0.25, 0.3) is 0 Å². The molecule has 0 aliphatic carbocycles. The third-order valence-electron chi connectivity index (χ3n) is 4.35. The van der Waals surface area contributed by atoms with Gasteiger partial charge in [0.2, 0.25) is 5.76 Å². The van der Waals surface area contributed by atoms with Crippen LogP contribution in [-0.2, 0) is 52.4 Å². The molecule has 0 bridgehead atoms. The summed E-state index contributed by atoms with van der Waals surface area (Å²) in [4.78, 5) is 58.8. The summed E-state index contributed by atoms with van der Waals surface area (Å²) >= 11 is 0. The van der Waals surface area contributed by atoms with Crippen molar-refractivity contribution in [3.05, 3.63) is 11.8 Å². The molecule has 1 amide bonds. The average Bonchev–Trinajstić information content (AvgIpc) is 2.74. The maximum atomic E-state index is 13.1. The fourth-order valence-electron chi connectivity index (χ4n) is 3.08. The van der Waals surface area contributed by atoms with Gasteiger partial charge in [0.15, 0.2) is 18.3 Å². The van der Waals surface area contributed by atoms with Gasteiger partial charge in [0.25, 0.3) is 0 Å². The van der Waals surface area contributed by atoms with E-state index < -0.39 is 78.8 Å². The smallest absolute Gasteiger partial charge is 0.471 e. The van der Waals surface area contributed by atoms with Crippen molar-refractivity contribution in [2.24, 2.45) is 0 Å². The number of rotatable bonds is 10. The SMILES string of the molecule is CCO[C@@H]1C=C(C(=O)OC)O[C@@H]([C@H](OC(C)=O)[C@@H](COC(C)=O)OC(C)=O)[C@@H]1NC(=O)C(F)(F)F. The second kappa shape index (κ2) is 12.9. The van der Waals surface area contributed by atoms with Gasteiger partial charge in [0, 0.05) is 27.4 Å². The molecule has 15 heteroatoms. The predicted molar refractivity (Wildman–Crippen MR) is 106 cm³/mol. The molecule has 0 aromatic carbocycles. The van der Waals surface area contributed by atoms with E-state index in [1.165, 1.54) is 6.92 Å². The van der Waals surface area contributed by atoms with Crippen LogP contribution in [0.3, 0.4) is 0 Å². The molecule has 0 radical (unpaired) electrons. The van der Waals surface area contributed by atoms with E-state index in [0.717, 1.165) is 34.0 Å². The van der Waals surface area contributed by atoms with Crippen molar-refractivity contribution in [2.45, 2.75) is 64.3 Å². The molecule has 198 valence electrons. The Balaban J connectivity index is 3.64. The predicted octanol–water partition coefficient (Wildman–Crippen LogP) is 0.321. The van der Waals surface area contributed by atoms with Crippen LogP contribution in [0.1, 0.15) is 27.7 Å². The molecule has 5 atom stereocenters. The van der Waals surface area contributed by atoms with Crippen LogP contribution in [0.5, 0.6) is 0 Å². The van der Waals surface area contributed by atoms with Crippen LogP contribution in [0.2, 0.25) is 0 Å². The standard InChI is InChI=1S/C20H26F3NO11/c1-6-31-12-7-13(18(28)30-5)35-17(15(12)24-19(29)20(21,22)23)16(34-11(4)27)14(33-10(3)26)8-32-9(2)25/h7,12,14-17H,6,8H2,1-5H3,(H,24,29)/t12-,14-,15-,16-,17-/m1/s1. The minimum atomic E-state index is -5.32. The number of halogens is 3. The number of ether oxygens (including phenoxy) is 6. The van der Waals surface area contributed by atoms with Gasteiger partial charge in [-0.3, -0.25) is 19.2 Å². The lowest BCUT2D eigenvalue weighted by molar-refractivity contribution is -0.194. The zero-order valence-corrected chi connectivity index (χ0v) is 19.5. The lowest BCUT2D eigenvalue weighted by atomic mass is 9.93. The lowest BCUT2D eigenvalue weighted by Crippen LogP contribution is -2.63. The van der Waals surface area contributed by atoms with Gasteiger partial charge in [-0.1, -0.05) is 0 Å². The van der Waals surface area contributed by atoms with Gasteiger partial charge < -0.3 is 33.7 Å². The number of amides is 1. The minimum absolute atomic E-state index is 0.0835. The van der Waals surface area contributed by atoms with Crippen LogP contribution in [0.15, 0.2) is 11.8 Å². The van der Waals surface area contributed by atoms with Crippen molar-refractivity contribution in [1.82, 2.24) is 5.32 Å². The van der Waals surface area contributed by atoms with Gasteiger partial charge in [-0.25, -0.2) is 4.79 Å². The van der Waals surface area contributed by atoms with E-state index in [0.29, 0.717) is 0 Å². The largest absolute Gasteiger partial charge is 0.477 e. The van der Waals surface area contributed by atoms with Crippen molar-refractivity contribution in [3.8, 4) is 0 Å². The molecule has 1 N–H and O–H groups in total. The number of hydrogen-bond acceptors (Lipinski definition) is 11. The van der Waals surface area contributed by atoms with E-state index in [4.69, 9.17) is 23.7 Å². The van der Waals surface area contributed by atoms with Gasteiger partial charge in [-0.15, -0.1) is 0 Å². The van der Waals surface area contributed by atoms with Crippen molar-refractivity contribution in [1.29, 1.82) is 0 Å². The molecule has 1 aliphatic heterocycles. The molecule has 0 unspecified atom stereocenters. The van der Waals surface area contributed by atoms with E-state index in [-0.39, 0.29) is 6.61 Å². The Morgan fingerprint density at radius 3 is 2.11 bits per heavy atom. The van der Waals surface area contributed by atoms with Gasteiger partial charge in [0.1, 0.15) is 12.7 Å². The quantitative estimate of drug-likeness (QED) is 0.317. The highest BCUT2D eigenvalue weighted by atomic mass is 19.4. The fourth-order valence-corrected chi connectivity index (χ4v) is 3.08. The van der Waals surface area contributed by atoms with Crippen molar-refractivity contribution in [2.75, 3.05) is 20.3 Å². The Morgan fingerprint density at radius 2 is 1.66 bits per heavy atom. The van der Waals surface area contributed by atoms with E-state index in [2.05, 4.69) is 4.74 Å². The highest BCUT2D eigenvalue weighted by molar-refractivity contribution is 5.87. The molecule has 0 saturated heterocycles. The Labute approximate surface area is 198 Å². The van der Waals surface area contributed by atoms with Crippen LogP contribution < -0.4 is 5.32 Å². The summed E-state index contributed by atoms with van der Waals surface area (Å²) in [5.74, 6) is -6.75. The van der Waals surface area contributed by atoms with Crippen LogP contribution >= 0.6 is 0 Å². The summed E-state index contributed by atoms with van der Waals surface area (Å²) in [5, 5.41) is 1.70. The molecular formula is C20H26F3NO11. The van der Waals surface area contributed by atoms with E-state index in [1.807, 2.05) is 0 Å². The first-order valence-electron chi connectivity index (χ1n) is 10.1. The first kappa shape index (κ1) is 29.7. The topological polar surface area (TPSA) is 153 Å². The average molecular weight is 513 g/mol. The summed E-state index contributed by atoms with van der Waals surface area (Å²) in [5.41, 5.74) is 0. The molecule has 1 rings (SSSR count). The zero-order chi connectivity index (χ0) is 26.9. The second-order valence-corrected chi connectivity index (χ2v) is 7.05. The van der Waals surface area contributed by atoms with Crippen LogP contribution in [-0.4, -0.2) is 86.7 Å². The number of carbonyl (C=O) groups is 5. The number of esters is 4. The molecule has 0 aromatic rings.